The molecule has 0 N–H and O–H groups in total. The lowest BCUT2D eigenvalue weighted by molar-refractivity contribution is 0.0434. The van der Waals surface area contributed by atoms with E-state index in [9.17, 15) is 9.59 Å². The normalized spacial score (nSPS) is 10.9. The van der Waals surface area contributed by atoms with Crippen LogP contribution in [0.4, 0.5) is 0 Å². The van der Waals surface area contributed by atoms with Gasteiger partial charge in [0.05, 0.1) is 16.8 Å². The molecule has 0 bridgehead atoms. The molecule has 3 heterocycles. The Morgan fingerprint density at radius 2 is 1.96 bits per heavy atom. The molecule has 0 unspecified atom stereocenters. The van der Waals surface area contributed by atoms with Crippen molar-refractivity contribution in [3.63, 3.8) is 0 Å². The number of fused-ring (bicyclic) bond motifs is 1. The number of carbonyl (C=O) groups is 1. The molecule has 3 aromatic heterocycles. The lowest BCUT2D eigenvalue weighted by atomic mass is 10.3. The molecular weight excluding hydrogens is 352 g/mol. The van der Waals surface area contributed by atoms with Gasteiger partial charge in [0.2, 0.25) is 5.76 Å². The summed E-state index contributed by atoms with van der Waals surface area (Å²) in [5.74, 6) is 0.0474. The van der Waals surface area contributed by atoms with E-state index < -0.39 is 5.97 Å². The molecule has 4 aromatic rings. The summed E-state index contributed by atoms with van der Waals surface area (Å²) in [6, 6.07) is 15.9. The van der Waals surface area contributed by atoms with Gasteiger partial charge in [-0.3, -0.25) is 4.79 Å². The molecule has 6 nitrogen and oxygen atoms in total. The maximum absolute atomic E-state index is 12.2. The van der Waals surface area contributed by atoms with Gasteiger partial charge in [-0.25, -0.2) is 9.78 Å². The third-order valence-corrected chi connectivity index (χ3v) is 4.76. The smallest absolute Gasteiger partial charge is 0.374 e. The quantitative estimate of drug-likeness (QED) is 0.506. The highest BCUT2D eigenvalue weighted by Crippen LogP contribution is 2.22. The molecule has 0 saturated heterocycles. The Morgan fingerprint density at radius 1 is 1.12 bits per heavy atom. The van der Waals surface area contributed by atoms with Crippen LogP contribution in [0.2, 0.25) is 0 Å². The molecule has 0 spiro atoms. The summed E-state index contributed by atoms with van der Waals surface area (Å²) in [5, 5.41) is 0.724. The minimum Gasteiger partial charge on any atom is -0.452 e. The van der Waals surface area contributed by atoms with Crippen molar-refractivity contribution in [2.75, 3.05) is 0 Å². The molecular formula is C19H14N2O4S. The second-order valence-electron chi connectivity index (χ2n) is 5.58. The topological polar surface area (TPSA) is 74.3 Å². The molecule has 26 heavy (non-hydrogen) atoms. The summed E-state index contributed by atoms with van der Waals surface area (Å²) in [4.78, 5) is 28.3. The highest BCUT2D eigenvalue weighted by atomic mass is 32.1. The number of carbonyl (C=O) groups excluding carboxylic acids is 1. The van der Waals surface area contributed by atoms with Crippen LogP contribution in [0.25, 0.3) is 10.2 Å². The largest absolute Gasteiger partial charge is 0.452 e. The summed E-state index contributed by atoms with van der Waals surface area (Å²) in [6.07, 6.45) is 1.66. The number of rotatable bonds is 5. The maximum atomic E-state index is 12.2. The van der Waals surface area contributed by atoms with Gasteiger partial charge >= 0.3 is 5.97 Å². The first-order chi connectivity index (χ1) is 12.7. The predicted octanol–water partition coefficient (Wildman–Crippen LogP) is 3.46. The van der Waals surface area contributed by atoms with Crippen molar-refractivity contribution in [3.05, 3.63) is 87.7 Å². The first-order valence-corrected chi connectivity index (χ1v) is 8.76. The number of thiazole rings is 1. The number of benzene rings is 1. The molecule has 0 aliphatic rings. The summed E-state index contributed by atoms with van der Waals surface area (Å²) in [5.41, 5.74) is 0.751. The van der Waals surface area contributed by atoms with Crippen LogP contribution in [0.15, 0.2) is 70.0 Å². The first-order valence-electron chi connectivity index (χ1n) is 7.95. The Morgan fingerprint density at radius 3 is 2.81 bits per heavy atom. The number of ether oxygens (including phenoxy) is 1. The Balaban J connectivity index is 1.41. The van der Waals surface area contributed by atoms with Gasteiger partial charge in [0.1, 0.15) is 17.4 Å². The fourth-order valence-corrected chi connectivity index (χ4v) is 3.39. The van der Waals surface area contributed by atoms with E-state index in [1.165, 1.54) is 22.0 Å². The lowest BCUT2D eigenvalue weighted by Gasteiger charge is -2.02. The van der Waals surface area contributed by atoms with Gasteiger partial charge < -0.3 is 13.7 Å². The molecule has 0 amide bonds. The molecule has 4 rings (SSSR count). The maximum Gasteiger partial charge on any atom is 0.374 e. The van der Waals surface area contributed by atoms with Gasteiger partial charge in [0, 0.05) is 12.3 Å². The Labute approximate surface area is 152 Å². The number of nitrogens with zero attached hydrogens (tertiary/aromatic N) is 2. The van der Waals surface area contributed by atoms with Crippen molar-refractivity contribution in [1.29, 1.82) is 0 Å². The first kappa shape index (κ1) is 16.3. The standard InChI is InChI=1S/C19H14N2O4S/c22-18-7-3-4-10-21(18)11-13-8-9-15(25-13)19(23)24-12-17-20-14-5-1-2-6-16(14)26-17/h1-10H,11-12H2. The highest BCUT2D eigenvalue weighted by molar-refractivity contribution is 7.18. The van der Waals surface area contributed by atoms with E-state index in [4.69, 9.17) is 9.15 Å². The number of pyridine rings is 1. The zero-order valence-electron chi connectivity index (χ0n) is 13.6. The molecule has 7 heteroatoms. The van der Waals surface area contributed by atoms with Crippen LogP contribution in [0.1, 0.15) is 21.3 Å². The number of hydrogen-bond donors (Lipinski definition) is 0. The van der Waals surface area contributed by atoms with Gasteiger partial charge in [-0.15, -0.1) is 11.3 Å². The van der Waals surface area contributed by atoms with E-state index in [2.05, 4.69) is 4.98 Å². The second-order valence-corrected chi connectivity index (χ2v) is 6.70. The molecule has 0 saturated carbocycles. The molecule has 130 valence electrons. The van der Waals surface area contributed by atoms with E-state index >= 15 is 0 Å². The van der Waals surface area contributed by atoms with Crippen molar-refractivity contribution in [2.24, 2.45) is 0 Å². The highest BCUT2D eigenvalue weighted by Gasteiger charge is 2.14. The lowest BCUT2D eigenvalue weighted by Crippen LogP contribution is -2.17. The number of furan rings is 1. The summed E-state index contributed by atoms with van der Waals surface area (Å²) >= 11 is 1.49. The molecule has 0 fully saturated rings. The second kappa shape index (κ2) is 6.97. The van der Waals surface area contributed by atoms with Crippen molar-refractivity contribution in [3.8, 4) is 0 Å². The number of hydrogen-bond acceptors (Lipinski definition) is 6. The van der Waals surface area contributed by atoms with Gasteiger partial charge in [-0.05, 0) is 30.3 Å². The van der Waals surface area contributed by atoms with Crippen LogP contribution in [0.5, 0.6) is 0 Å². The summed E-state index contributed by atoms with van der Waals surface area (Å²) in [6.45, 7) is 0.344. The average molecular weight is 366 g/mol. The van der Waals surface area contributed by atoms with Crippen molar-refractivity contribution in [2.45, 2.75) is 13.2 Å². The molecule has 0 atom stereocenters. The van der Waals surface area contributed by atoms with Gasteiger partial charge in [-0.1, -0.05) is 18.2 Å². The van der Waals surface area contributed by atoms with Gasteiger partial charge in [0.25, 0.3) is 5.56 Å². The van der Waals surface area contributed by atoms with Crippen LogP contribution in [-0.2, 0) is 17.9 Å². The van der Waals surface area contributed by atoms with Crippen LogP contribution < -0.4 is 5.56 Å². The number of aromatic nitrogens is 2. The van der Waals surface area contributed by atoms with Gasteiger partial charge in [0.15, 0.2) is 0 Å². The molecule has 0 radical (unpaired) electrons. The Hall–Kier alpha value is -3.19. The third-order valence-electron chi connectivity index (χ3n) is 3.75. The van der Waals surface area contributed by atoms with E-state index in [-0.39, 0.29) is 24.5 Å². The molecule has 0 aliphatic carbocycles. The van der Waals surface area contributed by atoms with Crippen molar-refractivity contribution >= 4 is 27.5 Å². The number of para-hydroxylation sites is 1. The van der Waals surface area contributed by atoms with Crippen molar-refractivity contribution < 1.29 is 13.9 Å². The van der Waals surface area contributed by atoms with Gasteiger partial charge in [-0.2, -0.15) is 0 Å². The predicted molar refractivity (Wildman–Crippen MR) is 97.3 cm³/mol. The minimum atomic E-state index is -0.559. The molecule has 1 aromatic carbocycles. The summed E-state index contributed by atoms with van der Waals surface area (Å²) < 4.78 is 13.3. The van der Waals surface area contributed by atoms with Crippen LogP contribution in [0.3, 0.4) is 0 Å². The number of esters is 1. The fourth-order valence-electron chi connectivity index (χ4n) is 2.51. The SMILES string of the molecule is O=C(OCc1nc2ccccc2s1)c1ccc(Cn2ccccc2=O)o1. The molecule has 0 aliphatic heterocycles. The third kappa shape index (κ3) is 3.43. The monoisotopic (exact) mass is 366 g/mol. The Bertz CT molecular complexity index is 1090. The van der Waals surface area contributed by atoms with E-state index in [1.54, 1.807) is 30.5 Å². The van der Waals surface area contributed by atoms with E-state index in [0.29, 0.717) is 5.76 Å². The Kier molecular flexibility index (Phi) is 4.37. The van der Waals surface area contributed by atoms with Crippen molar-refractivity contribution in [1.82, 2.24) is 9.55 Å². The van der Waals surface area contributed by atoms with Crippen LogP contribution in [0, 0.1) is 0 Å². The average Bonchev–Trinajstić information content (AvgIpc) is 3.28. The summed E-state index contributed by atoms with van der Waals surface area (Å²) in [7, 11) is 0. The van der Waals surface area contributed by atoms with Crippen LogP contribution >= 0.6 is 11.3 Å². The van der Waals surface area contributed by atoms with E-state index in [1.807, 2.05) is 24.3 Å². The van der Waals surface area contributed by atoms with Crippen LogP contribution in [-0.4, -0.2) is 15.5 Å². The zero-order chi connectivity index (χ0) is 17.9. The van der Waals surface area contributed by atoms with E-state index in [0.717, 1.165) is 15.2 Å². The zero-order valence-corrected chi connectivity index (χ0v) is 14.4. The minimum absolute atomic E-state index is 0.0896. The fraction of sp³-hybridized carbons (Fsp3) is 0.105.